The normalized spacial score (nSPS) is 18.7. The molecule has 1 N–H and O–H groups in total. The molecule has 0 radical (unpaired) electrons. The van der Waals surface area contributed by atoms with Crippen LogP contribution in [-0.4, -0.2) is 60.6 Å². The summed E-state index contributed by atoms with van der Waals surface area (Å²) in [5, 5.41) is 2.78. The average molecular weight is 746 g/mol. The number of ether oxygens (including phenoxy) is 5. The van der Waals surface area contributed by atoms with E-state index in [4.69, 9.17) is 23.7 Å². The highest BCUT2D eigenvalue weighted by atomic mass is 19.1. The lowest BCUT2D eigenvalue weighted by Gasteiger charge is -2.48. The Labute approximate surface area is 318 Å². The Morgan fingerprint density at radius 2 is 1.22 bits per heavy atom. The van der Waals surface area contributed by atoms with Gasteiger partial charge in [-0.2, -0.15) is 0 Å². The van der Waals surface area contributed by atoms with Gasteiger partial charge in [0.25, 0.3) is 0 Å². The van der Waals surface area contributed by atoms with Gasteiger partial charge in [-0.1, -0.05) is 72.8 Å². The van der Waals surface area contributed by atoms with Crippen LogP contribution in [0.25, 0.3) is 11.1 Å². The molecular weight excluding hydrogens is 705 g/mol. The molecule has 0 spiro atoms. The maximum absolute atomic E-state index is 14.5. The summed E-state index contributed by atoms with van der Waals surface area (Å²) in [5.74, 6) is -2.63. The quantitative estimate of drug-likeness (QED) is 0.103. The average Bonchev–Trinajstić information content (AvgIpc) is 3.18. The third kappa shape index (κ3) is 9.62. The lowest BCUT2D eigenvalue weighted by atomic mass is 9.89. The van der Waals surface area contributed by atoms with Crippen molar-refractivity contribution in [2.45, 2.75) is 57.4 Å². The third-order valence-corrected chi connectivity index (χ3v) is 8.98. The van der Waals surface area contributed by atoms with Crippen molar-refractivity contribution in [1.82, 2.24) is 5.32 Å². The number of halogens is 1. The number of hydrogen-bond donors (Lipinski definition) is 1. The van der Waals surface area contributed by atoms with Gasteiger partial charge in [0, 0.05) is 13.5 Å². The smallest absolute Gasteiger partial charge is 0.338 e. The molecule has 6 rings (SSSR count). The summed E-state index contributed by atoms with van der Waals surface area (Å²) < 4.78 is 45.8. The van der Waals surface area contributed by atoms with Gasteiger partial charge in [0.05, 0.1) is 16.7 Å². The number of esters is 3. The molecule has 5 aromatic rings. The van der Waals surface area contributed by atoms with E-state index in [2.05, 4.69) is 5.32 Å². The second-order valence-corrected chi connectivity index (χ2v) is 13.4. The first-order chi connectivity index (χ1) is 26.5. The van der Waals surface area contributed by atoms with Crippen molar-refractivity contribution in [3.8, 4) is 16.9 Å². The SMILES string of the molecule is CC(=O)NCCc1ccc(O[C@@H]2OC(C)(C)[C@H](OC(=O)c3ccccc3)[C@@H](OC(=O)c3ccccc3)[C@H]2OC(=O)c2ccccc2)cc1-c1cccc(F)c1. The van der Waals surface area contributed by atoms with Gasteiger partial charge in [-0.15, -0.1) is 0 Å². The van der Waals surface area contributed by atoms with E-state index in [0.29, 0.717) is 24.1 Å². The molecular formula is C44H40FNO9. The number of nitrogens with one attached hydrogen (secondary N) is 1. The third-order valence-electron chi connectivity index (χ3n) is 8.98. The maximum Gasteiger partial charge on any atom is 0.338 e. The molecule has 1 amide bonds. The Hall–Kier alpha value is -6.33. The molecule has 1 heterocycles. The minimum Gasteiger partial charge on any atom is -0.461 e. The first-order valence-corrected chi connectivity index (χ1v) is 17.7. The zero-order valence-electron chi connectivity index (χ0n) is 30.5. The Balaban J connectivity index is 1.41. The molecule has 282 valence electrons. The van der Waals surface area contributed by atoms with Crippen molar-refractivity contribution in [1.29, 1.82) is 0 Å². The number of benzene rings is 5. The highest BCUT2D eigenvalue weighted by Gasteiger charge is 2.57. The second kappa shape index (κ2) is 17.2. The summed E-state index contributed by atoms with van der Waals surface area (Å²) in [4.78, 5) is 52.6. The zero-order chi connectivity index (χ0) is 39.0. The fourth-order valence-electron chi connectivity index (χ4n) is 6.28. The molecule has 5 aromatic carbocycles. The van der Waals surface area contributed by atoms with Crippen molar-refractivity contribution in [3.05, 3.63) is 162 Å². The summed E-state index contributed by atoms with van der Waals surface area (Å²) in [6, 6.07) is 35.9. The number of rotatable bonds is 12. The van der Waals surface area contributed by atoms with Crippen molar-refractivity contribution in [2.24, 2.45) is 0 Å². The van der Waals surface area contributed by atoms with E-state index in [1.807, 2.05) is 0 Å². The molecule has 1 saturated heterocycles. The lowest BCUT2D eigenvalue weighted by molar-refractivity contribution is -0.299. The van der Waals surface area contributed by atoms with Gasteiger partial charge >= 0.3 is 17.9 Å². The summed E-state index contributed by atoms with van der Waals surface area (Å²) in [6.07, 6.45) is -5.23. The molecule has 0 saturated carbocycles. The van der Waals surface area contributed by atoms with Gasteiger partial charge in [0.15, 0.2) is 12.2 Å². The van der Waals surface area contributed by atoms with E-state index in [-0.39, 0.29) is 28.3 Å². The van der Waals surface area contributed by atoms with Crippen LogP contribution in [0.4, 0.5) is 4.39 Å². The van der Waals surface area contributed by atoms with E-state index in [0.717, 1.165) is 5.56 Å². The highest BCUT2D eigenvalue weighted by Crippen LogP contribution is 2.38. The highest BCUT2D eigenvalue weighted by molar-refractivity contribution is 5.91. The molecule has 4 atom stereocenters. The second-order valence-electron chi connectivity index (χ2n) is 13.4. The summed E-state index contributed by atoms with van der Waals surface area (Å²) in [6.45, 7) is 5.06. The fraction of sp³-hybridized carbons (Fsp3) is 0.227. The number of amides is 1. The Morgan fingerprint density at radius 3 is 1.76 bits per heavy atom. The number of hydrogen-bond acceptors (Lipinski definition) is 9. The van der Waals surface area contributed by atoms with Crippen LogP contribution in [0.15, 0.2) is 133 Å². The monoisotopic (exact) mass is 745 g/mol. The predicted octanol–water partition coefficient (Wildman–Crippen LogP) is 7.36. The fourth-order valence-corrected chi connectivity index (χ4v) is 6.28. The molecule has 0 aromatic heterocycles. The van der Waals surface area contributed by atoms with Gasteiger partial charge in [-0.05, 0) is 97.6 Å². The molecule has 55 heavy (non-hydrogen) atoms. The van der Waals surface area contributed by atoms with E-state index in [1.165, 1.54) is 19.1 Å². The van der Waals surface area contributed by atoms with Gasteiger partial charge in [-0.25, -0.2) is 18.8 Å². The molecule has 11 heteroatoms. The van der Waals surface area contributed by atoms with E-state index in [9.17, 15) is 23.6 Å². The van der Waals surface area contributed by atoms with Gasteiger partial charge < -0.3 is 29.0 Å². The Morgan fingerprint density at radius 1 is 0.673 bits per heavy atom. The van der Waals surface area contributed by atoms with Gasteiger partial charge in [0.2, 0.25) is 18.3 Å². The number of carbonyl (C=O) groups excluding carboxylic acids is 4. The van der Waals surface area contributed by atoms with E-state index >= 15 is 0 Å². The van der Waals surface area contributed by atoms with Gasteiger partial charge in [-0.3, -0.25) is 4.79 Å². The molecule has 0 bridgehead atoms. The minimum absolute atomic E-state index is 0.185. The van der Waals surface area contributed by atoms with Crippen molar-refractivity contribution in [3.63, 3.8) is 0 Å². The summed E-state index contributed by atoms with van der Waals surface area (Å²) >= 11 is 0. The van der Waals surface area contributed by atoms with Gasteiger partial charge in [0.1, 0.15) is 17.2 Å². The van der Waals surface area contributed by atoms with E-state index in [1.54, 1.807) is 135 Å². The molecule has 1 aliphatic heterocycles. The molecule has 1 fully saturated rings. The van der Waals surface area contributed by atoms with Crippen molar-refractivity contribution < 1.29 is 47.3 Å². The first kappa shape index (κ1) is 38.4. The van der Waals surface area contributed by atoms with Crippen molar-refractivity contribution >= 4 is 23.8 Å². The van der Waals surface area contributed by atoms with Crippen LogP contribution in [0, 0.1) is 5.82 Å². The molecule has 0 aliphatic carbocycles. The Bertz CT molecular complexity index is 2130. The van der Waals surface area contributed by atoms with Crippen LogP contribution in [0.1, 0.15) is 57.4 Å². The molecule has 1 aliphatic rings. The summed E-state index contributed by atoms with van der Waals surface area (Å²) in [5.41, 5.74) is 1.24. The molecule has 0 unspecified atom stereocenters. The van der Waals surface area contributed by atoms with Crippen molar-refractivity contribution in [2.75, 3.05) is 6.54 Å². The van der Waals surface area contributed by atoms with Crippen LogP contribution in [0.3, 0.4) is 0 Å². The molecule has 10 nitrogen and oxygen atoms in total. The Kier molecular flexibility index (Phi) is 12.0. The number of carbonyl (C=O) groups is 4. The van der Waals surface area contributed by atoms with Crippen LogP contribution < -0.4 is 10.1 Å². The summed E-state index contributed by atoms with van der Waals surface area (Å²) in [7, 11) is 0. The van der Waals surface area contributed by atoms with E-state index < -0.39 is 53.9 Å². The van der Waals surface area contributed by atoms with Crippen LogP contribution >= 0.6 is 0 Å². The largest absolute Gasteiger partial charge is 0.461 e. The lowest BCUT2D eigenvalue weighted by Crippen LogP contribution is -2.66. The zero-order valence-corrected chi connectivity index (χ0v) is 30.5. The van der Waals surface area contributed by atoms with Crippen LogP contribution in [0.2, 0.25) is 0 Å². The minimum atomic E-state index is -1.49. The topological polar surface area (TPSA) is 126 Å². The predicted molar refractivity (Wildman–Crippen MR) is 201 cm³/mol. The first-order valence-electron chi connectivity index (χ1n) is 17.7. The van der Waals surface area contributed by atoms with Crippen LogP contribution in [-0.2, 0) is 30.2 Å². The van der Waals surface area contributed by atoms with Crippen LogP contribution in [0.5, 0.6) is 5.75 Å². The maximum atomic E-state index is 14.5. The standard InChI is InChI=1S/C44H40FNO9/c1-28(47)46-25-24-29-22-23-35(27-36(29)33-20-13-21-34(45)26-33)51-43-38(53-41(49)31-16-9-5-10-17-31)37(52-40(48)30-14-7-4-8-15-30)39(44(2,3)55-43)54-42(50)32-18-11-6-12-19-32/h4-23,26-27,37-39,43H,24-25H2,1-3H3,(H,46,47)/t37-,38+,39+,43+/m0/s1.